The van der Waals surface area contributed by atoms with Crippen molar-refractivity contribution in [1.82, 2.24) is 9.97 Å². The van der Waals surface area contributed by atoms with E-state index in [0.717, 1.165) is 35.5 Å². The molecule has 0 atom stereocenters. The van der Waals surface area contributed by atoms with Crippen molar-refractivity contribution in [1.29, 1.82) is 0 Å². The average Bonchev–Trinajstić information content (AvgIpc) is 3.06. The number of thioether (sulfide) groups is 1. The van der Waals surface area contributed by atoms with Crippen LogP contribution in [0.2, 0.25) is 0 Å². The van der Waals surface area contributed by atoms with E-state index in [1.165, 1.54) is 12.1 Å². The van der Waals surface area contributed by atoms with Crippen molar-refractivity contribution in [3.63, 3.8) is 0 Å². The number of benzene rings is 2. The second-order valence-corrected chi connectivity index (χ2v) is 6.03. The number of anilines is 1. The van der Waals surface area contributed by atoms with Gasteiger partial charge in [0.05, 0.1) is 23.3 Å². The predicted octanol–water partition coefficient (Wildman–Crippen LogP) is 4.22. The van der Waals surface area contributed by atoms with Crippen molar-refractivity contribution in [2.24, 2.45) is 0 Å². The number of amides is 1. The fraction of sp³-hybridized carbons (Fsp3) is 0.0588. The van der Waals surface area contributed by atoms with Gasteiger partial charge in [-0.1, -0.05) is 11.8 Å². The predicted molar refractivity (Wildman–Crippen MR) is 89.7 cm³/mol. The van der Waals surface area contributed by atoms with Crippen LogP contribution in [0.4, 0.5) is 18.9 Å². The van der Waals surface area contributed by atoms with Crippen LogP contribution in [0.25, 0.3) is 11.3 Å². The zero-order chi connectivity index (χ0) is 17.8. The lowest BCUT2D eigenvalue weighted by molar-refractivity contribution is -0.113. The largest absolute Gasteiger partial charge is 0.333 e. The molecule has 0 spiro atoms. The van der Waals surface area contributed by atoms with Crippen molar-refractivity contribution in [2.45, 2.75) is 5.16 Å². The number of hydrogen-bond acceptors (Lipinski definition) is 3. The van der Waals surface area contributed by atoms with E-state index in [9.17, 15) is 18.0 Å². The quantitative estimate of drug-likeness (QED) is 0.667. The molecule has 3 rings (SSSR count). The number of nitrogens with one attached hydrogen (secondary N) is 2. The van der Waals surface area contributed by atoms with Crippen LogP contribution in [0.3, 0.4) is 0 Å². The van der Waals surface area contributed by atoms with E-state index in [-0.39, 0.29) is 17.3 Å². The summed E-state index contributed by atoms with van der Waals surface area (Å²) >= 11 is 1.11. The highest BCUT2D eigenvalue weighted by Gasteiger charge is 2.10. The van der Waals surface area contributed by atoms with Gasteiger partial charge in [0, 0.05) is 6.07 Å². The Balaban J connectivity index is 1.59. The molecule has 3 aromatic rings. The van der Waals surface area contributed by atoms with Gasteiger partial charge < -0.3 is 10.3 Å². The van der Waals surface area contributed by atoms with Crippen LogP contribution < -0.4 is 5.32 Å². The first-order valence-electron chi connectivity index (χ1n) is 7.20. The number of hydrogen-bond donors (Lipinski definition) is 2. The molecular formula is C17H12F3N3OS. The Morgan fingerprint density at radius 1 is 1.08 bits per heavy atom. The molecule has 0 radical (unpaired) electrons. The summed E-state index contributed by atoms with van der Waals surface area (Å²) in [6, 6.07) is 8.72. The van der Waals surface area contributed by atoms with E-state index >= 15 is 0 Å². The molecule has 0 unspecified atom stereocenters. The number of H-pyrrole nitrogens is 1. The van der Waals surface area contributed by atoms with E-state index in [1.807, 2.05) is 0 Å². The minimum atomic E-state index is -0.712. The molecule has 0 aliphatic rings. The first-order valence-corrected chi connectivity index (χ1v) is 8.18. The number of halogens is 3. The summed E-state index contributed by atoms with van der Waals surface area (Å²) in [6.45, 7) is 0. The minimum absolute atomic E-state index is 0.0354. The maximum absolute atomic E-state index is 13.5. The molecule has 4 nitrogen and oxygen atoms in total. The number of aromatic amines is 1. The van der Waals surface area contributed by atoms with Crippen molar-refractivity contribution in [2.75, 3.05) is 11.1 Å². The van der Waals surface area contributed by atoms with Crippen molar-refractivity contribution in [3.05, 3.63) is 66.1 Å². The number of carbonyl (C=O) groups is 1. The lowest BCUT2D eigenvalue weighted by Crippen LogP contribution is -2.15. The number of rotatable bonds is 5. The molecular weight excluding hydrogens is 351 g/mol. The zero-order valence-electron chi connectivity index (χ0n) is 12.7. The normalized spacial score (nSPS) is 10.7. The smallest absolute Gasteiger partial charge is 0.234 e. The summed E-state index contributed by atoms with van der Waals surface area (Å²) < 4.78 is 39.5. The minimum Gasteiger partial charge on any atom is -0.333 e. The molecule has 2 aromatic carbocycles. The Morgan fingerprint density at radius 2 is 1.80 bits per heavy atom. The maximum Gasteiger partial charge on any atom is 0.234 e. The van der Waals surface area contributed by atoms with E-state index in [1.54, 1.807) is 18.3 Å². The van der Waals surface area contributed by atoms with Gasteiger partial charge in [0.2, 0.25) is 5.91 Å². The third-order valence-corrected chi connectivity index (χ3v) is 4.14. The molecule has 8 heteroatoms. The van der Waals surface area contributed by atoms with E-state index in [2.05, 4.69) is 15.3 Å². The lowest BCUT2D eigenvalue weighted by atomic mass is 10.2. The number of carbonyl (C=O) groups excluding carboxylic acids is 1. The van der Waals surface area contributed by atoms with E-state index in [0.29, 0.717) is 10.9 Å². The summed E-state index contributed by atoms with van der Waals surface area (Å²) in [5.74, 6) is -2.21. The highest BCUT2D eigenvalue weighted by atomic mass is 32.2. The summed E-state index contributed by atoms with van der Waals surface area (Å²) in [7, 11) is 0. The molecule has 1 amide bonds. The second kappa shape index (κ2) is 7.43. The summed E-state index contributed by atoms with van der Waals surface area (Å²) in [5, 5.41) is 2.79. The third-order valence-electron chi connectivity index (χ3n) is 3.25. The molecule has 2 N–H and O–H groups in total. The van der Waals surface area contributed by atoms with Crippen LogP contribution in [-0.4, -0.2) is 21.6 Å². The van der Waals surface area contributed by atoms with Gasteiger partial charge in [-0.05, 0) is 42.0 Å². The molecule has 25 heavy (non-hydrogen) atoms. The van der Waals surface area contributed by atoms with Crippen molar-refractivity contribution in [3.8, 4) is 11.3 Å². The van der Waals surface area contributed by atoms with Crippen molar-refractivity contribution < 1.29 is 18.0 Å². The van der Waals surface area contributed by atoms with Crippen LogP contribution >= 0.6 is 11.8 Å². The van der Waals surface area contributed by atoms with Crippen LogP contribution in [-0.2, 0) is 4.79 Å². The van der Waals surface area contributed by atoms with E-state index < -0.39 is 17.5 Å². The number of imidazole rings is 1. The molecule has 128 valence electrons. The van der Waals surface area contributed by atoms with Crippen molar-refractivity contribution >= 4 is 23.4 Å². The fourth-order valence-electron chi connectivity index (χ4n) is 2.07. The highest BCUT2D eigenvalue weighted by molar-refractivity contribution is 7.99. The first-order chi connectivity index (χ1) is 12.0. The Bertz CT molecular complexity index is 896. The Kier molecular flexibility index (Phi) is 5.08. The summed E-state index contributed by atoms with van der Waals surface area (Å²) in [4.78, 5) is 19.0. The maximum atomic E-state index is 13.5. The van der Waals surface area contributed by atoms with Crippen LogP contribution in [0, 0.1) is 17.5 Å². The fourth-order valence-corrected chi connectivity index (χ4v) is 2.72. The standard InChI is InChI=1S/C17H12F3N3OS/c18-11-3-1-10(2-4-11)15-8-21-17(23-15)25-9-16(24)22-14-7-12(19)5-6-13(14)20/h1-8H,9H2,(H,21,23)(H,22,24). The van der Waals surface area contributed by atoms with Gasteiger partial charge in [-0.2, -0.15) is 0 Å². The third kappa shape index (κ3) is 4.42. The average molecular weight is 363 g/mol. The van der Waals surface area contributed by atoms with Gasteiger partial charge in [0.25, 0.3) is 0 Å². The lowest BCUT2D eigenvalue weighted by Gasteiger charge is -2.05. The van der Waals surface area contributed by atoms with Gasteiger partial charge in [-0.3, -0.25) is 4.79 Å². The van der Waals surface area contributed by atoms with Crippen LogP contribution in [0.5, 0.6) is 0 Å². The molecule has 0 bridgehead atoms. The van der Waals surface area contributed by atoms with Crippen LogP contribution in [0.15, 0.2) is 53.8 Å². The van der Waals surface area contributed by atoms with E-state index in [4.69, 9.17) is 0 Å². The van der Waals surface area contributed by atoms with Gasteiger partial charge in [0.15, 0.2) is 5.16 Å². The molecule has 0 fully saturated rings. The monoisotopic (exact) mass is 363 g/mol. The first kappa shape index (κ1) is 17.1. The SMILES string of the molecule is O=C(CSc1ncc(-c2ccc(F)cc2)[nH]1)Nc1cc(F)ccc1F. The Morgan fingerprint density at radius 3 is 2.56 bits per heavy atom. The summed E-state index contributed by atoms with van der Waals surface area (Å²) in [6.07, 6.45) is 1.57. The Hall–Kier alpha value is -2.74. The molecule has 1 aromatic heterocycles. The molecule has 0 saturated carbocycles. The molecule has 1 heterocycles. The molecule has 0 saturated heterocycles. The van der Waals surface area contributed by atoms with Gasteiger partial charge in [0.1, 0.15) is 17.5 Å². The molecule has 0 aliphatic heterocycles. The van der Waals surface area contributed by atoms with Gasteiger partial charge >= 0.3 is 0 Å². The number of nitrogens with zero attached hydrogens (tertiary/aromatic N) is 1. The van der Waals surface area contributed by atoms with Gasteiger partial charge in [-0.25, -0.2) is 18.2 Å². The van der Waals surface area contributed by atoms with Gasteiger partial charge in [-0.15, -0.1) is 0 Å². The Labute approximate surface area is 145 Å². The zero-order valence-corrected chi connectivity index (χ0v) is 13.5. The summed E-state index contributed by atoms with van der Waals surface area (Å²) in [5.41, 5.74) is 1.23. The second-order valence-electron chi connectivity index (χ2n) is 5.07. The number of aromatic nitrogens is 2. The molecule has 0 aliphatic carbocycles. The topological polar surface area (TPSA) is 57.8 Å². The van der Waals surface area contributed by atoms with Crippen LogP contribution in [0.1, 0.15) is 0 Å². The highest BCUT2D eigenvalue weighted by Crippen LogP contribution is 2.22.